The van der Waals surface area contributed by atoms with Gasteiger partial charge in [-0.3, -0.25) is 4.79 Å². The summed E-state index contributed by atoms with van der Waals surface area (Å²) in [6.07, 6.45) is -5.57. The molecule has 0 saturated heterocycles. The SMILES string of the molecule is C[C@@H](OCC(F)(F)F)C(=O)N(C)c1ccccc1. The number of rotatable bonds is 4. The maximum Gasteiger partial charge on any atom is 0.411 e. The second kappa shape index (κ2) is 5.86. The van der Waals surface area contributed by atoms with E-state index in [1.165, 1.54) is 18.9 Å². The second-order valence-electron chi connectivity index (χ2n) is 3.80. The molecule has 3 nitrogen and oxygen atoms in total. The van der Waals surface area contributed by atoms with Gasteiger partial charge in [-0.05, 0) is 19.1 Å². The predicted molar refractivity (Wildman–Crippen MR) is 61.3 cm³/mol. The van der Waals surface area contributed by atoms with Crippen molar-refractivity contribution in [2.45, 2.75) is 19.2 Å². The van der Waals surface area contributed by atoms with E-state index in [2.05, 4.69) is 4.74 Å². The third-order valence-corrected chi connectivity index (χ3v) is 2.32. The van der Waals surface area contributed by atoms with Crippen LogP contribution in [0.2, 0.25) is 0 Å². The largest absolute Gasteiger partial charge is 0.411 e. The first-order chi connectivity index (χ1) is 8.31. The zero-order valence-corrected chi connectivity index (χ0v) is 10.1. The number of amides is 1. The molecule has 18 heavy (non-hydrogen) atoms. The first kappa shape index (κ1) is 14.5. The molecule has 0 N–H and O–H groups in total. The highest BCUT2D eigenvalue weighted by Crippen LogP contribution is 2.17. The van der Waals surface area contributed by atoms with E-state index in [1.807, 2.05) is 0 Å². The molecule has 0 aliphatic heterocycles. The highest BCUT2D eigenvalue weighted by Gasteiger charge is 2.30. The van der Waals surface area contributed by atoms with E-state index in [9.17, 15) is 18.0 Å². The van der Waals surface area contributed by atoms with Crippen molar-refractivity contribution in [2.75, 3.05) is 18.6 Å². The number of para-hydroxylation sites is 1. The quantitative estimate of drug-likeness (QED) is 0.833. The summed E-state index contributed by atoms with van der Waals surface area (Å²) in [5.41, 5.74) is 0.602. The molecule has 0 aromatic heterocycles. The summed E-state index contributed by atoms with van der Waals surface area (Å²) in [4.78, 5) is 13.1. The topological polar surface area (TPSA) is 29.5 Å². The number of anilines is 1. The zero-order chi connectivity index (χ0) is 13.8. The zero-order valence-electron chi connectivity index (χ0n) is 10.1. The molecule has 0 radical (unpaired) electrons. The van der Waals surface area contributed by atoms with Gasteiger partial charge >= 0.3 is 6.18 Å². The molecule has 1 rings (SSSR count). The van der Waals surface area contributed by atoms with Crippen LogP contribution in [-0.4, -0.2) is 31.8 Å². The van der Waals surface area contributed by atoms with E-state index in [0.29, 0.717) is 5.69 Å². The summed E-state index contributed by atoms with van der Waals surface area (Å²) in [6.45, 7) is -0.129. The van der Waals surface area contributed by atoms with Gasteiger partial charge < -0.3 is 9.64 Å². The standard InChI is InChI=1S/C12H14F3NO2/c1-9(18-8-12(13,14)15)11(17)16(2)10-6-4-3-5-7-10/h3-7,9H,8H2,1-2H3/t9-/m1/s1. The molecule has 0 spiro atoms. The first-order valence-electron chi connectivity index (χ1n) is 5.32. The minimum absolute atomic E-state index is 0.523. The van der Waals surface area contributed by atoms with Crippen LogP contribution >= 0.6 is 0 Å². The van der Waals surface area contributed by atoms with Gasteiger partial charge in [0.15, 0.2) is 0 Å². The van der Waals surface area contributed by atoms with Crippen molar-refractivity contribution in [2.24, 2.45) is 0 Å². The van der Waals surface area contributed by atoms with E-state index >= 15 is 0 Å². The lowest BCUT2D eigenvalue weighted by Gasteiger charge is -2.22. The normalized spacial score (nSPS) is 13.2. The van der Waals surface area contributed by atoms with Crippen LogP contribution in [0.3, 0.4) is 0 Å². The Balaban J connectivity index is 2.59. The van der Waals surface area contributed by atoms with Crippen molar-refractivity contribution >= 4 is 11.6 Å². The van der Waals surface area contributed by atoms with Gasteiger partial charge in [0.2, 0.25) is 0 Å². The number of benzene rings is 1. The summed E-state index contributed by atoms with van der Waals surface area (Å²) in [6, 6.07) is 8.63. The lowest BCUT2D eigenvalue weighted by Crippen LogP contribution is -2.38. The molecule has 1 aromatic rings. The number of alkyl halides is 3. The monoisotopic (exact) mass is 261 g/mol. The number of carbonyl (C=O) groups excluding carboxylic acids is 1. The van der Waals surface area contributed by atoms with Crippen LogP contribution in [0.1, 0.15) is 6.92 Å². The summed E-state index contributed by atoms with van der Waals surface area (Å²) in [5.74, 6) is -0.523. The fourth-order valence-electron chi connectivity index (χ4n) is 1.34. The smallest absolute Gasteiger partial charge is 0.359 e. The third-order valence-electron chi connectivity index (χ3n) is 2.32. The van der Waals surface area contributed by atoms with E-state index in [4.69, 9.17) is 0 Å². The number of ether oxygens (including phenoxy) is 1. The summed E-state index contributed by atoms with van der Waals surface area (Å²) in [7, 11) is 1.49. The number of hydrogen-bond acceptors (Lipinski definition) is 2. The van der Waals surface area contributed by atoms with Gasteiger partial charge in [0.1, 0.15) is 12.7 Å². The van der Waals surface area contributed by atoms with Crippen LogP contribution < -0.4 is 4.90 Å². The van der Waals surface area contributed by atoms with Crippen molar-refractivity contribution < 1.29 is 22.7 Å². The van der Waals surface area contributed by atoms with Gasteiger partial charge in [-0.1, -0.05) is 18.2 Å². The Morgan fingerprint density at radius 1 is 1.33 bits per heavy atom. The maximum absolute atomic E-state index is 12.0. The molecule has 0 bridgehead atoms. The fourth-order valence-corrected chi connectivity index (χ4v) is 1.34. The van der Waals surface area contributed by atoms with E-state index in [1.54, 1.807) is 30.3 Å². The van der Waals surface area contributed by atoms with Crippen LogP contribution in [0.4, 0.5) is 18.9 Å². The molecule has 0 aliphatic carbocycles. The minimum atomic E-state index is -4.43. The molecular weight excluding hydrogens is 247 g/mol. The molecule has 6 heteroatoms. The number of hydrogen-bond donors (Lipinski definition) is 0. The van der Waals surface area contributed by atoms with Gasteiger partial charge in [-0.2, -0.15) is 13.2 Å². The van der Waals surface area contributed by atoms with Gasteiger partial charge in [0.25, 0.3) is 5.91 Å². The lowest BCUT2D eigenvalue weighted by atomic mass is 10.2. The number of halogens is 3. The van der Waals surface area contributed by atoms with Crippen molar-refractivity contribution in [1.29, 1.82) is 0 Å². The molecule has 1 atom stereocenters. The van der Waals surface area contributed by atoms with Gasteiger partial charge in [-0.25, -0.2) is 0 Å². The van der Waals surface area contributed by atoms with Gasteiger partial charge in [-0.15, -0.1) is 0 Å². The molecular formula is C12H14F3NO2. The van der Waals surface area contributed by atoms with E-state index in [0.717, 1.165) is 0 Å². The van der Waals surface area contributed by atoms with Crippen LogP contribution in [0.25, 0.3) is 0 Å². The maximum atomic E-state index is 12.0. The summed E-state index contributed by atoms with van der Waals surface area (Å²) < 4.78 is 40.4. The summed E-state index contributed by atoms with van der Waals surface area (Å²) in [5, 5.41) is 0. The lowest BCUT2D eigenvalue weighted by molar-refractivity contribution is -0.185. The molecule has 0 fully saturated rings. The molecule has 100 valence electrons. The Hall–Kier alpha value is -1.56. The Labute approximate surface area is 103 Å². The molecule has 0 saturated carbocycles. The van der Waals surface area contributed by atoms with Crippen molar-refractivity contribution in [1.82, 2.24) is 0 Å². The summed E-state index contributed by atoms with van der Waals surface area (Å²) >= 11 is 0. The first-order valence-corrected chi connectivity index (χ1v) is 5.32. The third kappa shape index (κ3) is 4.37. The van der Waals surface area contributed by atoms with Gasteiger partial charge in [0.05, 0.1) is 0 Å². The molecule has 1 aromatic carbocycles. The van der Waals surface area contributed by atoms with Crippen molar-refractivity contribution in [3.63, 3.8) is 0 Å². The van der Waals surface area contributed by atoms with Crippen LogP contribution in [0.15, 0.2) is 30.3 Å². The van der Waals surface area contributed by atoms with Crippen LogP contribution in [0.5, 0.6) is 0 Å². The fraction of sp³-hybridized carbons (Fsp3) is 0.417. The molecule has 0 heterocycles. The van der Waals surface area contributed by atoms with E-state index in [-0.39, 0.29) is 0 Å². The highest BCUT2D eigenvalue weighted by molar-refractivity contribution is 5.95. The van der Waals surface area contributed by atoms with Crippen LogP contribution in [-0.2, 0) is 9.53 Å². The number of likely N-dealkylation sites (N-methyl/N-ethyl adjacent to an activating group) is 1. The average Bonchev–Trinajstić information content (AvgIpc) is 2.34. The molecule has 0 aliphatic rings. The van der Waals surface area contributed by atoms with Gasteiger partial charge in [0, 0.05) is 12.7 Å². The number of carbonyl (C=O) groups is 1. The Kier molecular flexibility index (Phi) is 4.72. The Morgan fingerprint density at radius 3 is 2.39 bits per heavy atom. The van der Waals surface area contributed by atoms with Crippen molar-refractivity contribution in [3.8, 4) is 0 Å². The average molecular weight is 261 g/mol. The second-order valence-corrected chi connectivity index (χ2v) is 3.80. The number of nitrogens with zero attached hydrogens (tertiary/aromatic N) is 1. The molecule has 0 unspecified atom stereocenters. The van der Waals surface area contributed by atoms with Crippen molar-refractivity contribution in [3.05, 3.63) is 30.3 Å². The predicted octanol–water partition coefficient (Wildman–Crippen LogP) is 2.62. The van der Waals surface area contributed by atoms with E-state index < -0.39 is 24.8 Å². The Bertz CT molecular complexity index is 392. The Morgan fingerprint density at radius 2 is 1.89 bits per heavy atom. The minimum Gasteiger partial charge on any atom is -0.359 e. The highest BCUT2D eigenvalue weighted by atomic mass is 19.4. The van der Waals surface area contributed by atoms with Crippen LogP contribution in [0, 0.1) is 0 Å². The molecule has 1 amide bonds.